The summed E-state index contributed by atoms with van der Waals surface area (Å²) in [6.45, 7) is 4.17. The van der Waals surface area contributed by atoms with Gasteiger partial charge in [0, 0.05) is 25.6 Å². The summed E-state index contributed by atoms with van der Waals surface area (Å²) in [6.07, 6.45) is 0.340. The lowest BCUT2D eigenvalue weighted by Crippen LogP contribution is -2.42. The summed E-state index contributed by atoms with van der Waals surface area (Å²) in [5, 5.41) is 7.68. The van der Waals surface area contributed by atoms with Crippen LogP contribution in [0, 0.1) is 11.6 Å². The Morgan fingerprint density at radius 1 is 1.21 bits per heavy atom. The molecule has 176 valence electrons. The van der Waals surface area contributed by atoms with Gasteiger partial charge in [-0.2, -0.15) is 19.0 Å². The largest absolute Gasteiger partial charge is 0.475 e. The fourth-order valence-corrected chi connectivity index (χ4v) is 3.09. The highest BCUT2D eigenvalue weighted by Crippen LogP contribution is 2.23. The second-order valence-corrected chi connectivity index (χ2v) is 7.10. The van der Waals surface area contributed by atoms with Crippen LogP contribution < -0.4 is 9.47 Å². The first kappa shape index (κ1) is 24.0. The molecule has 0 aliphatic heterocycles. The molecular weight excluding hydrogens is 446 g/mol. The number of alkyl halides is 2. The van der Waals surface area contributed by atoms with Crippen LogP contribution in [0.2, 0.25) is 0 Å². The molecule has 2 aromatic heterocycles. The van der Waals surface area contributed by atoms with Gasteiger partial charge in [0.15, 0.2) is 5.82 Å². The third-order valence-electron chi connectivity index (χ3n) is 4.49. The lowest BCUT2D eigenvalue weighted by molar-refractivity contribution is -0.159. The van der Waals surface area contributed by atoms with E-state index in [1.54, 1.807) is 13.8 Å². The Kier molecular flexibility index (Phi) is 7.14. The first-order valence-corrected chi connectivity index (χ1v) is 9.91. The van der Waals surface area contributed by atoms with Gasteiger partial charge in [0.05, 0.1) is 30.2 Å². The summed E-state index contributed by atoms with van der Waals surface area (Å²) in [5.41, 5.74) is -0.527. The standard InChI is InChI=1S/C21H21F4N5O3/c1-4-29(13(2)12-32-18-6-5-15(11-26-18)33-21(3,24)25)20(31)16-9-14(22)10-17(23)19(16)30-27-7-8-28-30/h5-11,13H,4,12H2,1-3H3/t13-/m0/s1. The van der Waals surface area contributed by atoms with Gasteiger partial charge in [0.2, 0.25) is 5.88 Å². The van der Waals surface area contributed by atoms with Gasteiger partial charge >= 0.3 is 6.11 Å². The number of carbonyl (C=O) groups is 1. The minimum Gasteiger partial charge on any atom is -0.475 e. The second kappa shape index (κ2) is 9.84. The summed E-state index contributed by atoms with van der Waals surface area (Å²) in [6, 6.07) is 3.64. The smallest absolute Gasteiger partial charge is 0.394 e. The Hall–Kier alpha value is -3.70. The number of hydrogen-bond acceptors (Lipinski definition) is 6. The lowest BCUT2D eigenvalue weighted by Gasteiger charge is -2.28. The highest BCUT2D eigenvalue weighted by Gasteiger charge is 2.27. The predicted molar refractivity (Wildman–Crippen MR) is 108 cm³/mol. The number of pyridine rings is 1. The number of halogens is 4. The van der Waals surface area contributed by atoms with Crippen LogP contribution in [0.3, 0.4) is 0 Å². The number of ether oxygens (including phenoxy) is 2. The number of rotatable bonds is 9. The van der Waals surface area contributed by atoms with E-state index in [4.69, 9.17) is 4.74 Å². The van der Waals surface area contributed by atoms with Crippen molar-refractivity contribution in [2.45, 2.75) is 32.9 Å². The molecule has 0 unspecified atom stereocenters. The van der Waals surface area contributed by atoms with Gasteiger partial charge in [-0.1, -0.05) is 0 Å². The average Bonchev–Trinajstić information content (AvgIpc) is 3.26. The second-order valence-electron chi connectivity index (χ2n) is 7.10. The van der Waals surface area contributed by atoms with Crippen LogP contribution in [-0.2, 0) is 0 Å². The van der Waals surface area contributed by atoms with Crippen LogP contribution >= 0.6 is 0 Å². The van der Waals surface area contributed by atoms with Crippen molar-refractivity contribution in [3.05, 3.63) is 60.1 Å². The first-order chi connectivity index (χ1) is 15.6. The average molecular weight is 467 g/mol. The van der Waals surface area contributed by atoms with E-state index in [1.807, 2.05) is 0 Å². The van der Waals surface area contributed by atoms with Crippen molar-refractivity contribution in [2.75, 3.05) is 13.2 Å². The maximum absolute atomic E-state index is 14.5. The molecule has 2 heterocycles. The van der Waals surface area contributed by atoms with Crippen molar-refractivity contribution in [2.24, 2.45) is 0 Å². The highest BCUT2D eigenvalue weighted by molar-refractivity contribution is 5.98. The van der Waals surface area contributed by atoms with E-state index in [2.05, 4.69) is 19.9 Å². The fourth-order valence-electron chi connectivity index (χ4n) is 3.09. The van der Waals surface area contributed by atoms with Crippen LogP contribution in [0.1, 0.15) is 31.1 Å². The maximum Gasteiger partial charge on any atom is 0.394 e. The zero-order valence-corrected chi connectivity index (χ0v) is 18.0. The van der Waals surface area contributed by atoms with Crippen LogP contribution in [0.15, 0.2) is 42.9 Å². The number of amides is 1. The normalized spacial score (nSPS) is 12.3. The molecule has 1 aromatic carbocycles. The zero-order chi connectivity index (χ0) is 24.2. The molecule has 33 heavy (non-hydrogen) atoms. The zero-order valence-electron chi connectivity index (χ0n) is 18.0. The third-order valence-corrected chi connectivity index (χ3v) is 4.49. The van der Waals surface area contributed by atoms with Gasteiger partial charge in [-0.3, -0.25) is 4.79 Å². The van der Waals surface area contributed by atoms with Crippen molar-refractivity contribution in [1.29, 1.82) is 0 Å². The number of hydrogen-bond donors (Lipinski definition) is 0. The molecule has 0 bridgehead atoms. The molecule has 0 spiro atoms. The Labute approximate surface area is 186 Å². The molecular formula is C21H21F4N5O3. The first-order valence-electron chi connectivity index (χ1n) is 9.91. The van der Waals surface area contributed by atoms with Gasteiger partial charge < -0.3 is 14.4 Å². The fraction of sp³-hybridized carbons (Fsp3) is 0.333. The molecule has 0 saturated heterocycles. The van der Waals surface area contributed by atoms with Gasteiger partial charge in [-0.15, -0.1) is 4.80 Å². The van der Waals surface area contributed by atoms with Crippen molar-refractivity contribution >= 4 is 5.91 Å². The highest BCUT2D eigenvalue weighted by atomic mass is 19.3. The molecule has 0 N–H and O–H groups in total. The molecule has 3 rings (SSSR count). The predicted octanol–water partition coefficient (Wildman–Crippen LogP) is 3.86. The number of carbonyl (C=O) groups excluding carboxylic acids is 1. The molecule has 1 atom stereocenters. The summed E-state index contributed by atoms with van der Waals surface area (Å²) < 4.78 is 64.2. The van der Waals surface area contributed by atoms with Gasteiger partial charge in [0.1, 0.15) is 23.9 Å². The Morgan fingerprint density at radius 3 is 2.48 bits per heavy atom. The van der Waals surface area contributed by atoms with E-state index in [-0.39, 0.29) is 36.0 Å². The quantitative estimate of drug-likeness (QED) is 0.445. The topological polar surface area (TPSA) is 82.4 Å². The minimum absolute atomic E-state index is 0.0239. The molecule has 3 aromatic rings. The molecule has 0 saturated carbocycles. The number of aromatic nitrogens is 4. The van der Waals surface area contributed by atoms with Crippen LogP contribution in [0.5, 0.6) is 11.6 Å². The molecule has 0 radical (unpaired) electrons. The van der Waals surface area contributed by atoms with E-state index >= 15 is 0 Å². The van der Waals surface area contributed by atoms with Gasteiger partial charge in [0.25, 0.3) is 5.91 Å². The lowest BCUT2D eigenvalue weighted by atomic mass is 10.1. The molecule has 1 amide bonds. The van der Waals surface area contributed by atoms with Gasteiger partial charge in [-0.25, -0.2) is 13.8 Å². The summed E-state index contributed by atoms with van der Waals surface area (Å²) in [5.74, 6) is -2.58. The number of benzene rings is 1. The summed E-state index contributed by atoms with van der Waals surface area (Å²) in [7, 11) is 0. The number of nitrogens with zero attached hydrogens (tertiary/aromatic N) is 5. The Morgan fingerprint density at radius 2 is 1.91 bits per heavy atom. The SMILES string of the molecule is CCN(C(=O)c1cc(F)cc(F)c1-n1nccn1)[C@@H](C)COc1ccc(OC(C)(F)F)cn1. The minimum atomic E-state index is -3.35. The van der Waals surface area contributed by atoms with Crippen LogP contribution in [0.25, 0.3) is 5.69 Å². The van der Waals surface area contributed by atoms with Crippen molar-refractivity contribution in [3.63, 3.8) is 0 Å². The Bertz CT molecular complexity index is 1090. The van der Waals surface area contributed by atoms with E-state index in [9.17, 15) is 22.4 Å². The molecule has 8 nitrogen and oxygen atoms in total. The van der Waals surface area contributed by atoms with Crippen molar-refractivity contribution in [1.82, 2.24) is 24.9 Å². The third kappa shape index (κ3) is 5.96. The Balaban J connectivity index is 1.75. The summed E-state index contributed by atoms with van der Waals surface area (Å²) in [4.78, 5) is 19.3. The van der Waals surface area contributed by atoms with E-state index in [0.29, 0.717) is 13.0 Å². The number of likely N-dealkylation sites (N-methyl/N-ethyl adjacent to an activating group) is 1. The van der Waals surface area contributed by atoms with Crippen molar-refractivity contribution < 1.29 is 31.8 Å². The molecule has 12 heteroatoms. The monoisotopic (exact) mass is 467 g/mol. The van der Waals surface area contributed by atoms with Crippen LogP contribution in [0.4, 0.5) is 17.6 Å². The molecule has 0 fully saturated rings. The molecule has 0 aliphatic carbocycles. The maximum atomic E-state index is 14.5. The van der Waals surface area contributed by atoms with Crippen molar-refractivity contribution in [3.8, 4) is 17.3 Å². The summed E-state index contributed by atoms with van der Waals surface area (Å²) >= 11 is 0. The van der Waals surface area contributed by atoms with E-state index < -0.39 is 29.7 Å². The van der Waals surface area contributed by atoms with E-state index in [1.165, 1.54) is 29.4 Å². The van der Waals surface area contributed by atoms with Gasteiger partial charge in [-0.05, 0) is 26.0 Å². The van der Waals surface area contributed by atoms with E-state index in [0.717, 1.165) is 17.1 Å². The molecule has 0 aliphatic rings. The van der Waals surface area contributed by atoms with Crippen LogP contribution in [-0.4, -0.2) is 56.1 Å².